The number of morpholine rings is 1. The molecule has 5 nitrogen and oxygen atoms in total. The van der Waals surface area contributed by atoms with E-state index in [0.717, 1.165) is 44.0 Å². The molecule has 1 saturated heterocycles. The van der Waals surface area contributed by atoms with Crippen LogP contribution >= 0.6 is 0 Å². The van der Waals surface area contributed by atoms with Gasteiger partial charge in [0.1, 0.15) is 5.82 Å². The lowest BCUT2D eigenvalue weighted by Gasteiger charge is -2.27. The number of hydrogen-bond acceptors (Lipinski definition) is 4. The molecule has 1 atom stereocenters. The van der Waals surface area contributed by atoms with Gasteiger partial charge in [-0.15, -0.1) is 0 Å². The Balaban J connectivity index is 1.63. The molecule has 0 aromatic heterocycles. The Hall–Kier alpha value is -2.54. The van der Waals surface area contributed by atoms with Crippen molar-refractivity contribution in [2.45, 2.75) is 12.6 Å². The van der Waals surface area contributed by atoms with Crippen LogP contribution in [-0.4, -0.2) is 48.8 Å². The Bertz CT molecular complexity index is 819. The number of halogens is 1. The van der Waals surface area contributed by atoms with Crippen LogP contribution in [0.1, 0.15) is 22.7 Å². The molecule has 6 heteroatoms. The maximum atomic E-state index is 13.6. The van der Waals surface area contributed by atoms with E-state index in [0.29, 0.717) is 5.56 Å². The monoisotopic (exact) mass is 384 g/mol. The van der Waals surface area contributed by atoms with E-state index in [4.69, 9.17) is 4.74 Å². The summed E-state index contributed by atoms with van der Waals surface area (Å²) in [4.78, 5) is 14.5. The van der Waals surface area contributed by atoms with E-state index in [1.165, 1.54) is 18.2 Å². The summed E-state index contributed by atoms with van der Waals surface area (Å²) in [6.07, 6.45) is 2.70. The third-order valence-corrected chi connectivity index (χ3v) is 4.68. The molecule has 0 spiro atoms. The van der Waals surface area contributed by atoms with Gasteiger partial charge in [0.15, 0.2) is 0 Å². The minimum absolute atomic E-state index is 0.222. The van der Waals surface area contributed by atoms with Crippen molar-refractivity contribution in [3.05, 3.63) is 77.1 Å². The number of nitrogens with one attached hydrogen (secondary N) is 1. The van der Waals surface area contributed by atoms with Crippen LogP contribution in [0.25, 0.3) is 6.08 Å². The summed E-state index contributed by atoms with van der Waals surface area (Å²) in [7, 11) is 0. The Kier molecular flexibility index (Phi) is 7.31. The van der Waals surface area contributed by atoms with Gasteiger partial charge < -0.3 is 15.2 Å². The molecule has 2 N–H and O–H groups in total. The second-order valence-electron chi connectivity index (χ2n) is 6.73. The van der Waals surface area contributed by atoms with Crippen molar-refractivity contribution < 1.29 is 19.0 Å². The Morgan fingerprint density at radius 3 is 2.75 bits per heavy atom. The van der Waals surface area contributed by atoms with Crippen LogP contribution in [0.4, 0.5) is 4.39 Å². The Morgan fingerprint density at radius 1 is 1.21 bits per heavy atom. The molecule has 0 aliphatic carbocycles. The van der Waals surface area contributed by atoms with Gasteiger partial charge in [0, 0.05) is 31.3 Å². The molecule has 148 valence electrons. The van der Waals surface area contributed by atoms with Crippen molar-refractivity contribution in [1.82, 2.24) is 10.2 Å². The molecule has 1 heterocycles. The summed E-state index contributed by atoms with van der Waals surface area (Å²) in [5.74, 6) is -0.776. The number of carbonyl (C=O) groups is 1. The minimum Gasteiger partial charge on any atom is -0.394 e. The number of hydrogen-bond donors (Lipinski definition) is 2. The van der Waals surface area contributed by atoms with Gasteiger partial charge in [-0.25, -0.2) is 4.39 Å². The van der Waals surface area contributed by atoms with Gasteiger partial charge in [-0.3, -0.25) is 9.69 Å². The zero-order valence-corrected chi connectivity index (χ0v) is 15.7. The number of carbonyl (C=O) groups excluding carboxylic acids is 1. The average molecular weight is 384 g/mol. The maximum absolute atomic E-state index is 13.6. The van der Waals surface area contributed by atoms with Gasteiger partial charge in [0.05, 0.1) is 25.9 Å². The number of nitrogens with zero attached hydrogens (tertiary/aromatic N) is 1. The Morgan fingerprint density at radius 2 is 2.00 bits per heavy atom. The second kappa shape index (κ2) is 10.1. The van der Waals surface area contributed by atoms with Crippen LogP contribution in [0.3, 0.4) is 0 Å². The fourth-order valence-corrected chi connectivity index (χ4v) is 3.16. The molecule has 0 saturated carbocycles. The molecule has 2 aromatic rings. The van der Waals surface area contributed by atoms with E-state index in [-0.39, 0.29) is 18.3 Å². The lowest BCUT2D eigenvalue weighted by molar-refractivity contribution is -0.117. The predicted octanol–water partition coefficient (Wildman–Crippen LogP) is 2.52. The van der Waals surface area contributed by atoms with Crippen molar-refractivity contribution in [3.8, 4) is 0 Å². The van der Waals surface area contributed by atoms with E-state index < -0.39 is 6.04 Å². The lowest BCUT2D eigenvalue weighted by atomic mass is 10.0. The first-order valence-corrected chi connectivity index (χ1v) is 9.38. The van der Waals surface area contributed by atoms with Gasteiger partial charge in [-0.2, -0.15) is 0 Å². The molecule has 2 aromatic carbocycles. The lowest BCUT2D eigenvalue weighted by Crippen LogP contribution is -2.35. The predicted molar refractivity (Wildman–Crippen MR) is 106 cm³/mol. The summed E-state index contributed by atoms with van der Waals surface area (Å²) in [5.41, 5.74) is 2.29. The number of aliphatic hydroxyl groups excluding tert-OH is 1. The molecule has 3 rings (SSSR count). The van der Waals surface area contributed by atoms with E-state index in [9.17, 15) is 14.3 Å². The van der Waals surface area contributed by atoms with E-state index in [1.54, 1.807) is 18.2 Å². The molecule has 0 bridgehead atoms. The highest BCUT2D eigenvalue weighted by molar-refractivity contribution is 5.92. The molecule has 1 fully saturated rings. The van der Waals surface area contributed by atoms with E-state index in [2.05, 4.69) is 10.2 Å². The highest BCUT2D eigenvalue weighted by Gasteiger charge is 2.15. The van der Waals surface area contributed by atoms with Gasteiger partial charge in [0.2, 0.25) is 5.91 Å². The smallest absolute Gasteiger partial charge is 0.244 e. The third-order valence-electron chi connectivity index (χ3n) is 4.68. The SMILES string of the molecule is O=C(C=Cc1ccccc1F)NC(CO)c1cccc(CN2CCOCC2)c1. The quantitative estimate of drug-likeness (QED) is 0.720. The third kappa shape index (κ3) is 5.73. The van der Waals surface area contributed by atoms with Crippen LogP contribution in [0, 0.1) is 5.82 Å². The zero-order valence-electron chi connectivity index (χ0n) is 15.7. The highest BCUT2D eigenvalue weighted by atomic mass is 19.1. The van der Waals surface area contributed by atoms with Gasteiger partial charge in [-0.1, -0.05) is 42.5 Å². The first-order chi connectivity index (χ1) is 13.7. The summed E-state index contributed by atoms with van der Waals surface area (Å²) in [5, 5.41) is 12.5. The van der Waals surface area contributed by atoms with Crippen molar-refractivity contribution in [1.29, 1.82) is 0 Å². The second-order valence-corrected chi connectivity index (χ2v) is 6.73. The number of aliphatic hydroxyl groups is 1. The van der Waals surface area contributed by atoms with Crippen LogP contribution < -0.4 is 5.32 Å². The molecular formula is C22H25FN2O3. The topological polar surface area (TPSA) is 61.8 Å². The first kappa shape index (κ1) is 20.2. The van der Waals surface area contributed by atoms with Crippen molar-refractivity contribution in [2.24, 2.45) is 0 Å². The van der Waals surface area contributed by atoms with Crippen molar-refractivity contribution in [3.63, 3.8) is 0 Å². The fourth-order valence-electron chi connectivity index (χ4n) is 3.16. The molecule has 0 radical (unpaired) electrons. The van der Waals surface area contributed by atoms with E-state index in [1.807, 2.05) is 24.3 Å². The molecule has 1 aliphatic rings. The van der Waals surface area contributed by atoms with Crippen molar-refractivity contribution >= 4 is 12.0 Å². The molecular weight excluding hydrogens is 359 g/mol. The van der Waals surface area contributed by atoms with Crippen molar-refractivity contribution in [2.75, 3.05) is 32.9 Å². The Labute approximate surface area is 164 Å². The summed E-state index contributed by atoms with van der Waals surface area (Å²) in [6, 6.07) is 13.5. The maximum Gasteiger partial charge on any atom is 0.244 e. The summed E-state index contributed by atoms with van der Waals surface area (Å²) in [6.45, 7) is 3.85. The highest BCUT2D eigenvalue weighted by Crippen LogP contribution is 2.17. The van der Waals surface area contributed by atoms with E-state index >= 15 is 0 Å². The zero-order chi connectivity index (χ0) is 19.8. The van der Waals surface area contributed by atoms with Gasteiger partial charge in [-0.05, 0) is 23.3 Å². The number of amides is 1. The summed E-state index contributed by atoms with van der Waals surface area (Å²) < 4.78 is 19.0. The minimum atomic E-state index is -0.526. The van der Waals surface area contributed by atoms with Gasteiger partial charge >= 0.3 is 0 Å². The largest absolute Gasteiger partial charge is 0.394 e. The molecule has 1 aliphatic heterocycles. The standard InChI is InChI=1S/C22H25FN2O3/c23-20-7-2-1-5-18(20)8-9-22(27)24-21(16-26)19-6-3-4-17(14-19)15-25-10-12-28-13-11-25/h1-9,14,21,26H,10-13,15-16H2,(H,24,27). The molecule has 1 unspecified atom stereocenters. The van der Waals surface area contributed by atoms with Crippen LogP contribution in [-0.2, 0) is 16.1 Å². The average Bonchev–Trinajstić information content (AvgIpc) is 2.72. The van der Waals surface area contributed by atoms with Crippen LogP contribution in [0.15, 0.2) is 54.6 Å². The normalized spacial score (nSPS) is 16.2. The van der Waals surface area contributed by atoms with Gasteiger partial charge in [0.25, 0.3) is 0 Å². The van der Waals surface area contributed by atoms with Crippen LogP contribution in [0.2, 0.25) is 0 Å². The van der Waals surface area contributed by atoms with Crippen LogP contribution in [0.5, 0.6) is 0 Å². The number of benzene rings is 2. The molecule has 1 amide bonds. The first-order valence-electron chi connectivity index (χ1n) is 9.38. The molecule has 28 heavy (non-hydrogen) atoms. The number of ether oxygens (including phenoxy) is 1. The fraction of sp³-hybridized carbons (Fsp3) is 0.318. The summed E-state index contributed by atoms with van der Waals surface area (Å²) >= 11 is 0. The number of rotatable bonds is 7.